The van der Waals surface area contributed by atoms with Gasteiger partial charge in [-0.25, -0.2) is 0 Å². The van der Waals surface area contributed by atoms with Crippen LogP contribution in [0.1, 0.15) is 20.8 Å². The highest BCUT2D eigenvalue weighted by atomic mass is 16.7. The Balaban J connectivity index is 3.24. The molecule has 1 aliphatic heterocycles. The molecule has 1 saturated heterocycles. The highest BCUT2D eigenvalue weighted by molar-refractivity contribution is 5.67. The van der Waals surface area contributed by atoms with Gasteiger partial charge in [-0.3, -0.25) is 14.4 Å². The molecule has 0 aromatic heterocycles. The first-order valence-corrected chi connectivity index (χ1v) is 7.96. The average molecular weight is 378 g/mol. The molecule has 0 spiro atoms. The van der Waals surface area contributed by atoms with Crippen LogP contribution < -0.4 is 0 Å². The Morgan fingerprint density at radius 1 is 0.846 bits per heavy atom. The van der Waals surface area contributed by atoms with Gasteiger partial charge >= 0.3 is 17.9 Å². The molecule has 6 atom stereocenters. The van der Waals surface area contributed by atoms with E-state index in [0.29, 0.717) is 0 Å². The normalized spacial score (nSPS) is 29.5. The minimum atomic E-state index is -1.07. The van der Waals surface area contributed by atoms with Crippen molar-refractivity contribution in [3.63, 3.8) is 0 Å². The molecule has 0 amide bonds. The lowest BCUT2D eigenvalue weighted by atomic mass is 9.94. The molecule has 1 heterocycles. The molecule has 26 heavy (non-hydrogen) atoms. The van der Waals surface area contributed by atoms with Gasteiger partial charge in [0.15, 0.2) is 24.6 Å². The van der Waals surface area contributed by atoms with E-state index in [1.807, 2.05) is 0 Å². The molecule has 10 heteroatoms. The number of esters is 3. The number of methoxy groups -OCH3 is 3. The summed E-state index contributed by atoms with van der Waals surface area (Å²) in [5, 5.41) is 0. The van der Waals surface area contributed by atoms with Gasteiger partial charge < -0.3 is 33.2 Å². The largest absolute Gasteiger partial charge is 0.457 e. The SMILES string of the molecule is COC[C@@H](OC(C)=O)[C@H]1OC(OC)[C@H](OC(C)=O)[C@@H](OC(C)=O)[C@@H]1OC. The van der Waals surface area contributed by atoms with Crippen LogP contribution in [-0.2, 0) is 47.5 Å². The lowest BCUT2D eigenvalue weighted by Crippen LogP contribution is -2.64. The van der Waals surface area contributed by atoms with E-state index in [1.165, 1.54) is 42.1 Å². The maximum Gasteiger partial charge on any atom is 0.303 e. The van der Waals surface area contributed by atoms with Gasteiger partial charge in [0, 0.05) is 42.1 Å². The zero-order chi connectivity index (χ0) is 19.9. The van der Waals surface area contributed by atoms with Crippen molar-refractivity contribution < 1.29 is 47.5 Å². The molecule has 150 valence electrons. The molecule has 0 N–H and O–H groups in total. The first kappa shape index (κ1) is 22.3. The fourth-order valence-corrected chi connectivity index (χ4v) is 2.81. The van der Waals surface area contributed by atoms with Crippen molar-refractivity contribution in [3.8, 4) is 0 Å². The Labute approximate surface area is 151 Å². The van der Waals surface area contributed by atoms with Crippen LogP contribution in [0.4, 0.5) is 0 Å². The second-order valence-electron chi connectivity index (χ2n) is 5.66. The van der Waals surface area contributed by atoms with Crippen LogP contribution in [0.25, 0.3) is 0 Å². The van der Waals surface area contributed by atoms with E-state index in [4.69, 9.17) is 33.2 Å². The number of rotatable bonds is 8. The molecule has 0 aliphatic carbocycles. The standard InChI is InChI=1S/C16H26O10/c1-8(17)23-11(7-20-4)12-13(21-5)14(24-9(2)18)15(25-10(3)19)16(22-6)26-12/h11-16H,7H2,1-6H3/t11-,12-,13-,14+,15-,16?/m1/s1. The second-order valence-corrected chi connectivity index (χ2v) is 5.66. The third-order valence-corrected chi connectivity index (χ3v) is 3.65. The van der Waals surface area contributed by atoms with E-state index in [2.05, 4.69) is 0 Å². The highest BCUT2D eigenvalue weighted by Crippen LogP contribution is 2.31. The predicted octanol–water partition coefficient (Wildman–Crippen LogP) is -0.186. The van der Waals surface area contributed by atoms with Crippen LogP contribution in [0.15, 0.2) is 0 Å². The molecule has 0 saturated carbocycles. The summed E-state index contributed by atoms with van der Waals surface area (Å²) in [5.41, 5.74) is 0. The second kappa shape index (κ2) is 10.4. The summed E-state index contributed by atoms with van der Waals surface area (Å²) in [6, 6.07) is 0. The van der Waals surface area contributed by atoms with Crippen LogP contribution in [0.5, 0.6) is 0 Å². The van der Waals surface area contributed by atoms with Crippen molar-refractivity contribution in [2.24, 2.45) is 0 Å². The summed E-state index contributed by atoms with van der Waals surface area (Å²) in [5.74, 6) is -1.77. The molecule has 1 rings (SSSR count). The number of hydrogen-bond donors (Lipinski definition) is 0. The molecule has 0 aromatic carbocycles. The van der Waals surface area contributed by atoms with E-state index in [0.717, 1.165) is 0 Å². The van der Waals surface area contributed by atoms with Gasteiger partial charge in [0.2, 0.25) is 0 Å². The predicted molar refractivity (Wildman–Crippen MR) is 85.0 cm³/mol. The Morgan fingerprint density at radius 2 is 1.42 bits per heavy atom. The van der Waals surface area contributed by atoms with Crippen molar-refractivity contribution in [3.05, 3.63) is 0 Å². The average Bonchev–Trinajstić information content (AvgIpc) is 2.54. The summed E-state index contributed by atoms with van der Waals surface area (Å²) in [6.45, 7) is 3.67. The van der Waals surface area contributed by atoms with E-state index in [9.17, 15) is 14.4 Å². The van der Waals surface area contributed by atoms with Crippen molar-refractivity contribution in [2.75, 3.05) is 27.9 Å². The number of hydrogen-bond acceptors (Lipinski definition) is 10. The van der Waals surface area contributed by atoms with Crippen LogP contribution in [0.2, 0.25) is 0 Å². The number of ether oxygens (including phenoxy) is 7. The molecular weight excluding hydrogens is 352 g/mol. The van der Waals surface area contributed by atoms with Crippen molar-refractivity contribution in [2.45, 2.75) is 57.6 Å². The molecule has 0 bridgehead atoms. The van der Waals surface area contributed by atoms with Gasteiger partial charge in [0.1, 0.15) is 12.2 Å². The van der Waals surface area contributed by atoms with Gasteiger partial charge in [-0.05, 0) is 0 Å². The van der Waals surface area contributed by atoms with E-state index in [-0.39, 0.29) is 6.61 Å². The molecular formula is C16H26O10. The molecule has 1 fully saturated rings. The van der Waals surface area contributed by atoms with E-state index in [1.54, 1.807) is 0 Å². The first-order valence-electron chi connectivity index (χ1n) is 7.96. The van der Waals surface area contributed by atoms with Crippen molar-refractivity contribution >= 4 is 17.9 Å². The quantitative estimate of drug-likeness (QED) is 0.416. The Hall–Kier alpha value is -1.75. The van der Waals surface area contributed by atoms with Gasteiger partial charge in [-0.1, -0.05) is 0 Å². The minimum Gasteiger partial charge on any atom is -0.457 e. The Kier molecular flexibility index (Phi) is 8.93. The zero-order valence-corrected chi connectivity index (χ0v) is 15.8. The molecule has 1 aliphatic rings. The number of carbonyl (C=O) groups is 3. The maximum absolute atomic E-state index is 11.6. The third kappa shape index (κ3) is 5.90. The Bertz CT molecular complexity index is 493. The topological polar surface area (TPSA) is 116 Å². The maximum atomic E-state index is 11.6. The minimum absolute atomic E-state index is 0.00552. The van der Waals surface area contributed by atoms with E-state index >= 15 is 0 Å². The monoisotopic (exact) mass is 378 g/mol. The lowest BCUT2D eigenvalue weighted by molar-refractivity contribution is -0.314. The van der Waals surface area contributed by atoms with Gasteiger partial charge in [-0.2, -0.15) is 0 Å². The van der Waals surface area contributed by atoms with Crippen LogP contribution >= 0.6 is 0 Å². The third-order valence-electron chi connectivity index (χ3n) is 3.65. The summed E-state index contributed by atoms with van der Waals surface area (Å²) < 4.78 is 37.4. The number of carbonyl (C=O) groups excluding carboxylic acids is 3. The fraction of sp³-hybridized carbons (Fsp3) is 0.812. The van der Waals surface area contributed by atoms with E-state index < -0.39 is 54.7 Å². The molecule has 0 radical (unpaired) electrons. The van der Waals surface area contributed by atoms with Gasteiger partial charge in [0.05, 0.1) is 6.61 Å². The molecule has 10 nitrogen and oxygen atoms in total. The zero-order valence-electron chi connectivity index (χ0n) is 15.8. The highest BCUT2D eigenvalue weighted by Gasteiger charge is 2.53. The fourth-order valence-electron chi connectivity index (χ4n) is 2.81. The van der Waals surface area contributed by atoms with Crippen molar-refractivity contribution in [1.29, 1.82) is 0 Å². The summed E-state index contributed by atoms with van der Waals surface area (Å²) in [6.07, 6.45) is -5.85. The molecule has 1 unspecified atom stereocenters. The van der Waals surface area contributed by atoms with Gasteiger partial charge in [0.25, 0.3) is 0 Å². The lowest BCUT2D eigenvalue weighted by Gasteiger charge is -2.45. The van der Waals surface area contributed by atoms with Crippen LogP contribution in [-0.4, -0.2) is 82.7 Å². The van der Waals surface area contributed by atoms with Gasteiger partial charge in [-0.15, -0.1) is 0 Å². The van der Waals surface area contributed by atoms with Crippen LogP contribution in [0, 0.1) is 0 Å². The first-order chi connectivity index (χ1) is 12.2. The van der Waals surface area contributed by atoms with Crippen molar-refractivity contribution in [1.82, 2.24) is 0 Å². The summed E-state index contributed by atoms with van der Waals surface area (Å²) in [7, 11) is 4.14. The smallest absolute Gasteiger partial charge is 0.303 e. The summed E-state index contributed by atoms with van der Waals surface area (Å²) in [4.78, 5) is 34.5. The van der Waals surface area contributed by atoms with Crippen LogP contribution in [0.3, 0.4) is 0 Å². The Morgan fingerprint density at radius 3 is 1.85 bits per heavy atom. The summed E-state index contributed by atoms with van der Waals surface area (Å²) >= 11 is 0. The molecule has 0 aromatic rings.